The summed E-state index contributed by atoms with van der Waals surface area (Å²) in [5, 5.41) is 9.72. The minimum atomic E-state index is -0.518. The summed E-state index contributed by atoms with van der Waals surface area (Å²) in [6.07, 6.45) is 0.991. The van der Waals surface area contributed by atoms with Crippen LogP contribution in [-0.2, 0) is 15.0 Å². The quantitative estimate of drug-likeness (QED) is 0.447. The summed E-state index contributed by atoms with van der Waals surface area (Å²) in [6, 6.07) is 22.6. The van der Waals surface area contributed by atoms with Crippen molar-refractivity contribution < 1.29 is 14.7 Å². The molecule has 3 unspecified atom stereocenters. The molecule has 3 aromatic carbocycles. The highest BCUT2D eigenvalue weighted by molar-refractivity contribution is 6.13. The van der Waals surface area contributed by atoms with Gasteiger partial charge in [-0.25, -0.2) is 0 Å². The molecule has 1 fully saturated rings. The molecule has 36 heavy (non-hydrogen) atoms. The van der Waals surface area contributed by atoms with Gasteiger partial charge in [0.15, 0.2) is 0 Å². The van der Waals surface area contributed by atoms with Crippen LogP contribution in [0.3, 0.4) is 0 Å². The highest BCUT2D eigenvalue weighted by Gasteiger charge is 2.45. The number of hydrogen-bond donors (Lipinski definition) is 1. The van der Waals surface area contributed by atoms with Gasteiger partial charge in [-0.05, 0) is 58.7 Å². The van der Waals surface area contributed by atoms with Crippen LogP contribution in [0.25, 0.3) is 0 Å². The van der Waals surface area contributed by atoms with Crippen molar-refractivity contribution >= 4 is 28.8 Å². The van der Waals surface area contributed by atoms with Gasteiger partial charge in [0.25, 0.3) is 0 Å². The van der Waals surface area contributed by atoms with E-state index in [1.165, 1.54) is 5.56 Å². The first-order valence-electron chi connectivity index (χ1n) is 12.5. The Morgan fingerprint density at radius 3 is 2.19 bits per heavy atom. The first kappa shape index (κ1) is 24.0. The second-order valence-corrected chi connectivity index (χ2v) is 10.9. The Kier molecular flexibility index (Phi) is 6.03. The number of rotatable bonds is 2. The predicted molar refractivity (Wildman–Crippen MR) is 143 cm³/mol. The molecule has 0 bridgehead atoms. The zero-order chi connectivity index (χ0) is 25.6. The molecule has 1 aliphatic heterocycles. The first-order chi connectivity index (χ1) is 17.1. The molecule has 5 nitrogen and oxygen atoms in total. The van der Waals surface area contributed by atoms with Gasteiger partial charge < -0.3 is 10.0 Å². The SMILES string of the molecule is CC(=O)N1c2ccccc2N=C2CC(c3ccc(O)cc3)CC(=O)C2C1c1ccc(C(C)(C)C)cc1. The third kappa shape index (κ3) is 4.34. The zero-order valence-electron chi connectivity index (χ0n) is 21.2. The number of phenolic OH excluding ortho intramolecular Hbond substituents is 1. The van der Waals surface area contributed by atoms with Crippen LogP contribution in [0.2, 0.25) is 0 Å². The lowest BCUT2D eigenvalue weighted by atomic mass is 9.71. The van der Waals surface area contributed by atoms with E-state index in [-0.39, 0.29) is 28.8 Å². The molecule has 1 heterocycles. The molecule has 5 rings (SSSR count). The second-order valence-electron chi connectivity index (χ2n) is 10.9. The molecule has 1 aliphatic carbocycles. The lowest BCUT2D eigenvalue weighted by Gasteiger charge is -2.38. The molecule has 184 valence electrons. The van der Waals surface area contributed by atoms with Crippen LogP contribution in [-0.4, -0.2) is 22.5 Å². The number of para-hydroxylation sites is 2. The summed E-state index contributed by atoms with van der Waals surface area (Å²) >= 11 is 0. The molecule has 5 heteroatoms. The number of aliphatic imine (C=N–C) groups is 1. The van der Waals surface area contributed by atoms with E-state index in [1.54, 1.807) is 24.0 Å². The Hall–Kier alpha value is -3.73. The molecular weight excluding hydrogens is 448 g/mol. The summed E-state index contributed by atoms with van der Waals surface area (Å²) < 4.78 is 0. The number of carbonyl (C=O) groups excluding carboxylic acids is 2. The number of amides is 1. The van der Waals surface area contributed by atoms with Gasteiger partial charge in [0.05, 0.1) is 23.3 Å². The normalized spacial score (nSPS) is 21.8. The number of hydrogen-bond acceptors (Lipinski definition) is 4. The van der Waals surface area contributed by atoms with E-state index in [0.29, 0.717) is 18.5 Å². The molecule has 3 atom stereocenters. The predicted octanol–water partition coefficient (Wildman–Crippen LogP) is 6.63. The highest BCUT2D eigenvalue weighted by atomic mass is 16.3. The number of anilines is 1. The lowest BCUT2D eigenvalue weighted by molar-refractivity contribution is -0.123. The Morgan fingerprint density at radius 2 is 1.56 bits per heavy atom. The fourth-order valence-corrected chi connectivity index (χ4v) is 5.57. The first-order valence-corrected chi connectivity index (χ1v) is 12.5. The van der Waals surface area contributed by atoms with Crippen LogP contribution < -0.4 is 4.90 Å². The lowest BCUT2D eigenvalue weighted by Crippen LogP contribution is -2.45. The van der Waals surface area contributed by atoms with Crippen molar-refractivity contribution in [3.8, 4) is 5.75 Å². The van der Waals surface area contributed by atoms with Crippen LogP contribution in [0.15, 0.2) is 77.8 Å². The summed E-state index contributed by atoms with van der Waals surface area (Å²) in [5.41, 5.74) is 5.39. The average Bonchev–Trinajstić information content (AvgIpc) is 2.98. The number of nitrogens with zero attached hydrogens (tertiary/aromatic N) is 2. The maximum atomic E-state index is 13.9. The van der Waals surface area contributed by atoms with Gasteiger partial charge in [-0.2, -0.15) is 0 Å². The number of ketones is 1. The standard InChI is InChI=1S/C31H32N2O3/c1-19(34)33-27-8-6-5-7-25(27)32-26-17-22(20-11-15-24(35)16-12-20)18-28(36)29(26)30(33)21-9-13-23(14-10-21)31(2,3)4/h5-16,22,29-30,35H,17-18H2,1-4H3. The topological polar surface area (TPSA) is 70.0 Å². The molecule has 0 spiro atoms. The van der Waals surface area contributed by atoms with E-state index in [1.807, 2.05) is 36.4 Å². The van der Waals surface area contributed by atoms with Crippen molar-refractivity contribution in [1.82, 2.24) is 0 Å². The van der Waals surface area contributed by atoms with Gasteiger partial charge in [-0.1, -0.05) is 69.3 Å². The molecular formula is C31H32N2O3. The van der Waals surface area contributed by atoms with E-state index in [4.69, 9.17) is 4.99 Å². The fraction of sp³-hybridized carbons (Fsp3) is 0.323. The molecule has 1 N–H and O–H groups in total. The summed E-state index contributed by atoms with van der Waals surface area (Å²) in [7, 11) is 0. The Balaban J connectivity index is 1.64. The Labute approximate surface area is 212 Å². The van der Waals surface area contributed by atoms with Crippen LogP contribution >= 0.6 is 0 Å². The van der Waals surface area contributed by atoms with Crippen molar-refractivity contribution in [2.24, 2.45) is 10.9 Å². The molecule has 1 amide bonds. The van der Waals surface area contributed by atoms with Crippen molar-refractivity contribution in [2.75, 3.05) is 4.90 Å². The number of Topliss-reactive ketones (excluding diaryl/α,β-unsaturated/α-hetero) is 1. The van der Waals surface area contributed by atoms with Gasteiger partial charge in [0.1, 0.15) is 11.5 Å². The minimum absolute atomic E-state index is 0.000533. The van der Waals surface area contributed by atoms with Gasteiger partial charge >= 0.3 is 0 Å². The molecule has 0 radical (unpaired) electrons. The molecule has 3 aromatic rings. The Morgan fingerprint density at radius 1 is 0.917 bits per heavy atom. The van der Waals surface area contributed by atoms with Gasteiger partial charge in [-0.3, -0.25) is 14.6 Å². The van der Waals surface area contributed by atoms with Crippen molar-refractivity contribution in [3.63, 3.8) is 0 Å². The van der Waals surface area contributed by atoms with Gasteiger partial charge in [0, 0.05) is 19.1 Å². The summed E-state index contributed by atoms with van der Waals surface area (Å²) in [6.45, 7) is 8.07. The van der Waals surface area contributed by atoms with E-state index in [2.05, 4.69) is 45.0 Å². The van der Waals surface area contributed by atoms with Crippen molar-refractivity contribution in [2.45, 2.75) is 57.9 Å². The van der Waals surface area contributed by atoms with Crippen LogP contribution in [0.5, 0.6) is 5.75 Å². The maximum absolute atomic E-state index is 13.9. The smallest absolute Gasteiger partial charge is 0.224 e. The maximum Gasteiger partial charge on any atom is 0.224 e. The number of carbonyl (C=O) groups is 2. The van der Waals surface area contributed by atoms with Crippen molar-refractivity contribution in [3.05, 3.63) is 89.5 Å². The number of phenols is 1. The zero-order valence-corrected chi connectivity index (χ0v) is 21.2. The van der Waals surface area contributed by atoms with E-state index in [9.17, 15) is 14.7 Å². The fourth-order valence-electron chi connectivity index (χ4n) is 5.57. The minimum Gasteiger partial charge on any atom is -0.508 e. The summed E-state index contributed by atoms with van der Waals surface area (Å²) in [5.74, 6) is -0.363. The third-order valence-corrected chi connectivity index (χ3v) is 7.43. The summed E-state index contributed by atoms with van der Waals surface area (Å²) in [4.78, 5) is 33.8. The second kappa shape index (κ2) is 9.05. The Bertz CT molecular complexity index is 1330. The highest BCUT2D eigenvalue weighted by Crippen LogP contribution is 2.47. The van der Waals surface area contributed by atoms with E-state index < -0.39 is 12.0 Å². The van der Waals surface area contributed by atoms with Crippen LogP contribution in [0.1, 0.15) is 69.2 Å². The molecule has 0 saturated heterocycles. The van der Waals surface area contributed by atoms with Crippen molar-refractivity contribution in [1.29, 1.82) is 0 Å². The van der Waals surface area contributed by atoms with E-state index in [0.717, 1.165) is 22.5 Å². The van der Waals surface area contributed by atoms with E-state index >= 15 is 0 Å². The van der Waals surface area contributed by atoms with Crippen LogP contribution in [0.4, 0.5) is 11.4 Å². The number of aromatic hydroxyl groups is 1. The average molecular weight is 481 g/mol. The number of fused-ring (bicyclic) bond motifs is 2. The van der Waals surface area contributed by atoms with Gasteiger partial charge in [-0.15, -0.1) is 0 Å². The molecule has 1 saturated carbocycles. The van der Waals surface area contributed by atoms with Crippen LogP contribution in [0, 0.1) is 5.92 Å². The largest absolute Gasteiger partial charge is 0.508 e. The van der Waals surface area contributed by atoms with Gasteiger partial charge in [0.2, 0.25) is 5.91 Å². The third-order valence-electron chi connectivity index (χ3n) is 7.43. The molecule has 0 aromatic heterocycles. The number of benzene rings is 3. The monoisotopic (exact) mass is 480 g/mol. The molecule has 2 aliphatic rings.